The minimum atomic E-state index is -0.391. The van der Waals surface area contributed by atoms with E-state index in [1.54, 1.807) is 0 Å². The van der Waals surface area contributed by atoms with Crippen molar-refractivity contribution in [2.75, 3.05) is 37.3 Å². The van der Waals surface area contributed by atoms with Crippen LogP contribution < -0.4 is 20.7 Å². The predicted octanol–water partition coefficient (Wildman–Crippen LogP) is 4.48. The van der Waals surface area contributed by atoms with E-state index in [9.17, 15) is 5.26 Å². The number of ether oxygens (including phenoxy) is 1. The lowest BCUT2D eigenvalue weighted by Crippen LogP contribution is -2.54. The highest BCUT2D eigenvalue weighted by Gasteiger charge is 2.47. The van der Waals surface area contributed by atoms with E-state index in [0.717, 1.165) is 57.3 Å². The molecule has 1 aliphatic carbocycles. The van der Waals surface area contributed by atoms with Crippen LogP contribution in [-0.2, 0) is 16.7 Å². The quantitative estimate of drug-likeness (QED) is 0.486. The third-order valence-corrected chi connectivity index (χ3v) is 10.9. The molecule has 2 saturated heterocycles. The number of aryl methyl sites for hydroxylation is 1. The Labute approximate surface area is 257 Å². The van der Waals surface area contributed by atoms with E-state index in [1.165, 1.54) is 16.2 Å². The summed E-state index contributed by atoms with van der Waals surface area (Å²) >= 11 is 8.56. The molecule has 5 heterocycles. The number of rotatable bonds is 6. The van der Waals surface area contributed by atoms with Gasteiger partial charge in [0.2, 0.25) is 5.88 Å². The zero-order valence-electron chi connectivity index (χ0n) is 25.1. The van der Waals surface area contributed by atoms with E-state index in [2.05, 4.69) is 61.1 Å². The second-order valence-corrected chi connectivity index (χ2v) is 14.3. The van der Waals surface area contributed by atoms with Crippen molar-refractivity contribution in [2.24, 2.45) is 5.16 Å². The van der Waals surface area contributed by atoms with E-state index in [1.807, 2.05) is 0 Å². The largest absolute Gasteiger partial charge is 0.472 e. The molecular formula is C30H41ClN8O2S. The van der Waals surface area contributed by atoms with Crippen molar-refractivity contribution in [3.05, 3.63) is 26.9 Å². The standard InChI is InChI=1S/C30H41ClN8O2S/c1-16-14-39(15-17(2)34-16)28-25(31)29(40-18(3)21-8-7-11-38(21)5)36-27(35-28)20-12-23(41-37-20)30(4)10-6-9-22-24(30)19(13-32)26(33)42-22/h16-18,21,23,34H,6-12,14-15,33H2,1-5H3/t16-,17-,18-,21-,23?,30+/m0/s1. The lowest BCUT2D eigenvalue weighted by Gasteiger charge is -2.38. The van der Waals surface area contributed by atoms with Crippen LogP contribution in [0.15, 0.2) is 5.16 Å². The molecule has 0 aromatic carbocycles. The van der Waals surface area contributed by atoms with Crippen LogP contribution in [0.3, 0.4) is 0 Å². The van der Waals surface area contributed by atoms with Gasteiger partial charge in [0.25, 0.3) is 0 Å². The van der Waals surface area contributed by atoms with Gasteiger partial charge < -0.3 is 25.5 Å². The third-order valence-electron chi connectivity index (χ3n) is 9.51. The fraction of sp³-hybridized carbons (Fsp3) is 0.667. The third kappa shape index (κ3) is 5.21. The molecule has 226 valence electrons. The maximum absolute atomic E-state index is 9.93. The average molecular weight is 613 g/mol. The minimum absolute atomic E-state index is 0.0889. The Morgan fingerprint density at radius 3 is 2.71 bits per heavy atom. The summed E-state index contributed by atoms with van der Waals surface area (Å²) in [6.07, 6.45) is 5.23. The number of nitrogens with zero attached hydrogens (tertiary/aromatic N) is 6. The first-order valence-corrected chi connectivity index (χ1v) is 16.3. The number of oxime groups is 1. The van der Waals surface area contributed by atoms with Crippen molar-refractivity contribution in [1.82, 2.24) is 20.2 Å². The second kappa shape index (κ2) is 11.5. The molecule has 6 rings (SSSR count). The van der Waals surface area contributed by atoms with E-state index in [0.29, 0.717) is 51.3 Å². The Morgan fingerprint density at radius 2 is 2.02 bits per heavy atom. The molecule has 4 aliphatic rings. The summed E-state index contributed by atoms with van der Waals surface area (Å²) in [5.74, 6) is 1.53. The molecule has 2 fully saturated rings. The van der Waals surface area contributed by atoms with Crippen LogP contribution in [0.25, 0.3) is 0 Å². The number of likely N-dealkylation sites (tertiary alicyclic amines) is 1. The van der Waals surface area contributed by atoms with Gasteiger partial charge in [-0.15, -0.1) is 11.3 Å². The summed E-state index contributed by atoms with van der Waals surface area (Å²) in [4.78, 5) is 21.7. The number of halogens is 1. The van der Waals surface area contributed by atoms with Crippen LogP contribution in [0.1, 0.15) is 81.6 Å². The molecule has 3 N–H and O–H groups in total. The Bertz CT molecular complexity index is 1410. The van der Waals surface area contributed by atoms with Crippen LogP contribution in [0.2, 0.25) is 5.02 Å². The number of thiophene rings is 1. The van der Waals surface area contributed by atoms with Gasteiger partial charge in [0.05, 0.1) is 5.56 Å². The maximum Gasteiger partial charge on any atom is 0.238 e. The van der Waals surface area contributed by atoms with Crippen LogP contribution in [-0.4, -0.2) is 77.6 Å². The van der Waals surface area contributed by atoms with Crippen molar-refractivity contribution in [2.45, 2.75) is 102 Å². The van der Waals surface area contributed by atoms with E-state index in [-0.39, 0.29) is 24.3 Å². The van der Waals surface area contributed by atoms with E-state index >= 15 is 0 Å². The summed E-state index contributed by atoms with van der Waals surface area (Å²) < 4.78 is 6.52. The molecule has 6 atom stereocenters. The van der Waals surface area contributed by atoms with Gasteiger partial charge in [-0.05, 0) is 72.0 Å². The zero-order valence-corrected chi connectivity index (χ0v) is 26.7. The Balaban J connectivity index is 1.33. The van der Waals surface area contributed by atoms with E-state index < -0.39 is 5.41 Å². The van der Waals surface area contributed by atoms with Crippen molar-refractivity contribution < 1.29 is 9.57 Å². The van der Waals surface area contributed by atoms with Gasteiger partial charge in [-0.25, -0.2) is 4.98 Å². The predicted molar refractivity (Wildman–Crippen MR) is 167 cm³/mol. The van der Waals surface area contributed by atoms with Gasteiger partial charge >= 0.3 is 0 Å². The van der Waals surface area contributed by atoms with Gasteiger partial charge in [0.1, 0.15) is 34.0 Å². The molecule has 2 aromatic heterocycles. The molecule has 3 aliphatic heterocycles. The van der Waals surface area contributed by atoms with Crippen molar-refractivity contribution in [3.8, 4) is 11.9 Å². The first-order chi connectivity index (χ1) is 20.1. The summed E-state index contributed by atoms with van der Waals surface area (Å²) in [6.45, 7) is 11.2. The number of nitrogen functional groups attached to an aromatic ring is 1. The number of nitrogens with one attached hydrogen (secondary N) is 1. The van der Waals surface area contributed by atoms with Crippen LogP contribution in [0.5, 0.6) is 5.88 Å². The first-order valence-electron chi connectivity index (χ1n) is 15.1. The van der Waals surface area contributed by atoms with Gasteiger partial charge in [-0.3, -0.25) is 4.90 Å². The average Bonchev–Trinajstić information content (AvgIpc) is 3.68. The van der Waals surface area contributed by atoms with Gasteiger partial charge in [0, 0.05) is 47.9 Å². The molecule has 2 aromatic rings. The van der Waals surface area contributed by atoms with Crippen LogP contribution in [0, 0.1) is 11.3 Å². The number of aromatic nitrogens is 2. The molecule has 10 nitrogen and oxygen atoms in total. The highest BCUT2D eigenvalue weighted by atomic mass is 35.5. The Hall–Kier alpha value is -2.65. The monoisotopic (exact) mass is 612 g/mol. The van der Waals surface area contributed by atoms with Crippen molar-refractivity contribution in [1.29, 1.82) is 5.26 Å². The number of hydrogen-bond acceptors (Lipinski definition) is 11. The molecule has 0 bridgehead atoms. The second-order valence-electron chi connectivity index (χ2n) is 12.7. The molecule has 42 heavy (non-hydrogen) atoms. The number of likely N-dealkylation sites (N-methyl/N-ethyl adjacent to an activating group) is 1. The SMILES string of the molecule is C[C@H](Oc1nc(C2=NOC([C@@]3(C)CCCc4sc(N)c(C#N)c43)C2)nc(N2C[C@H](C)N[C@@H](C)C2)c1Cl)[C@@H]1CCCN1C. The molecule has 12 heteroatoms. The lowest BCUT2D eigenvalue weighted by molar-refractivity contribution is 0.0211. The highest BCUT2D eigenvalue weighted by molar-refractivity contribution is 7.16. The van der Waals surface area contributed by atoms with Crippen molar-refractivity contribution >= 4 is 39.5 Å². The topological polar surface area (TPSA) is 125 Å². The lowest BCUT2D eigenvalue weighted by atomic mass is 9.68. The first kappa shape index (κ1) is 29.4. The zero-order chi connectivity index (χ0) is 29.8. The van der Waals surface area contributed by atoms with Gasteiger partial charge in [-0.2, -0.15) is 10.2 Å². The molecule has 0 radical (unpaired) electrons. The smallest absolute Gasteiger partial charge is 0.238 e. The molecule has 0 saturated carbocycles. The van der Waals surface area contributed by atoms with Crippen LogP contribution in [0.4, 0.5) is 10.8 Å². The summed E-state index contributed by atoms with van der Waals surface area (Å²) in [6, 6.07) is 3.22. The normalized spacial score (nSPS) is 30.4. The molecule has 0 spiro atoms. The number of nitriles is 1. The van der Waals surface area contributed by atoms with Gasteiger partial charge in [-0.1, -0.05) is 23.7 Å². The number of nitrogens with two attached hydrogens (primary N) is 1. The van der Waals surface area contributed by atoms with Crippen LogP contribution >= 0.6 is 22.9 Å². The Morgan fingerprint density at radius 1 is 1.26 bits per heavy atom. The molecule has 0 amide bonds. The molecule has 1 unspecified atom stereocenters. The number of fused-ring (bicyclic) bond motifs is 1. The summed E-state index contributed by atoms with van der Waals surface area (Å²) in [5.41, 5.74) is 8.16. The van der Waals surface area contributed by atoms with E-state index in [4.69, 9.17) is 36.9 Å². The summed E-state index contributed by atoms with van der Waals surface area (Å²) in [7, 11) is 2.14. The Kier molecular flexibility index (Phi) is 8.02. The van der Waals surface area contributed by atoms with Gasteiger partial charge in [0.15, 0.2) is 11.6 Å². The highest BCUT2D eigenvalue weighted by Crippen LogP contribution is 2.49. The molecular weight excluding hydrogens is 572 g/mol. The maximum atomic E-state index is 9.93. The summed E-state index contributed by atoms with van der Waals surface area (Å²) in [5, 5.41) is 19.1. The minimum Gasteiger partial charge on any atom is -0.472 e. The number of hydrogen-bond donors (Lipinski definition) is 2. The fourth-order valence-electron chi connectivity index (χ4n) is 7.42. The van der Waals surface area contributed by atoms with Crippen molar-refractivity contribution in [3.63, 3.8) is 0 Å². The number of anilines is 2. The number of piperazine rings is 1. The fourth-order valence-corrected chi connectivity index (χ4v) is 8.87.